The van der Waals surface area contributed by atoms with Gasteiger partial charge in [-0.15, -0.1) is 0 Å². The third kappa shape index (κ3) is 8.67. The molecule has 0 saturated heterocycles. The first-order chi connectivity index (χ1) is 9.83. The molecule has 1 N–H and O–H groups in total. The first-order valence-corrected chi connectivity index (χ1v) is 7.29. The Balaban J connectivity index is 1.93. The first kappa shape index (κ1) is 16.7. The van der Waals surface area contributed by atoms with Crippen LogP contribution in [0.15, 0.2) is 30.3 Å². The molecule has 0 aliphatic carbocycles. The molecule has 0 saturated carbocycles. The Morgan fingerprint density at radius 2 is 1.80 bits per heavy atom. The van der Waals surface area contributed by atoms with Crippen LogP contribution in [0.25, 0.3) is 0 Å². The first-order valence-electron chi connectivity index (χ1n) is 7.29. The third-order valence-electron chi connectivity index (χ3n) is 2.85. The van der Waals surface area contributed by atoms with Crippen molar-refractivity contribution in [3.05, 3.63) is 35.9 Å². The molecule has 112 valence electrons. The predicted molar refractivity (Wildman–Crippen MR) is 79.5 cm³/mol. The van der Waals surface area contributed by atoms with Crippen molar-refractivity contribution >= 4 is 5.91 Å². The number of hydrogen-bond donors (Lipinski definition) is 1. The highest BCUT2D eigenvalue weighted by atomic mass is 16.5. The van der Waals surface area contributed by atoms with Crippen molar-refractivity contribution in [1.29, 1.82) is 0 Å². The summed E-state index contributed by atoms with van der Waals surface area (Å²) >= 11 is 0. The van der Waals surface area contributed by atoms with Gasteiger partial charge < -0.3 is 14.8 Å². The van der Waals surface area contributed by atoms with Crippen molar-refractivity contribution in [2.45, 2.75) is 32.7 Å². The van der Waals surface area contributed by atoms with Crippen LogP contribution in [0.3, 0.4) is 0 Å². The summed E-state index contributed by atoms with van der Waals surface area (Å²) in [5, 5.41) is 2.92. The minimum absolute atomic E-state index is 0.100. The highest BCUT2D eigenvalue weighted by Gasteiger charge is 2.01. The Bertz CT molecular complexity index is 354. The minimum Gasteiger partial charge on any atom is -0.379 e. The molecular formula is C16H25NO3. The molecule has 0 atom stereocenters. The second-order valence-electron chi connectivity index (χ2n) is 4.53. The van der Waals surface area contributed by atoms with Crippen molar-refractivity contribution in [3.63, 3.8) is 0 Å². The van der Waals surface area contributed by atoms with E-state index in [1.807, 2.05) is 37.3 Å². The molecule has 1 aromatic rings. The van der Waals surface area contributed by atoms with E-state index in [0.29, 0.717) is 32.8 Å². The summed E-state index contributed by atoms with van der Waals surface area (Å²) in [5.41, 5.74) is 1.13. The van der Waals surface area contributed by atoms with E-state index in [0.717, 1.165) is 25.0 Å². The van der Waals surface area contributed by atoms with Gasteiger partial charge in [-0.25, -0.2) is 0 Å². The van der Waals surface area contributed by atoms with Crippen LogP contribution in [0, 0.1) is 0 Å². The molecule has 1 aromatic carbocycles. The molecule has 0 aromatic heterocycles. The topological polar surface area (TPSA) is 47.6 Å². The highest BCUT2D eigenvalue weighted by molar-refractivity contribution is 5.75. The van der Waals surface area contributed by atoms with Crippen LogP contribution in [0.5, 0.6) is 0 Å². The second-order valence-corrected chi connectivity index (χ2v) is 4.53. The van der Waals surface area contributed by atoms with E-state index in [-0.39, 0.29) is 5.91 Å². The summed E-state index contributed by atoms with van der Waals surface area (Å²) in [7, 11) is 0. The molecule has 1 amide bonds. The number of unbranched alkanes of at least 4 members (excludes halogenated alkanes) is 1. The van der Waals surface area contributed by atoms with Gasteiger partial charge >= 0.3 is 0 Å². The lowest BCUT2D eigenvalue weighted by Gasteiger charge is -2.06. The van der Waals surface area contributed by atoms with Crippen molar-refractivity contribution in [2.24, 2.45) is 0 Å². The number of carbonyl (C=O) groups is 1. The van der Waals surface area contributed by atoms with Gasteiger partial charge in [0.1, 0.15) is 0 Å². The van der Waals surface area contributed by atoms with Crippen LogP contribution in [0.1, 0.15) is 31.7 Å². The maximum atomic E-state index is 11.6. The van der Waals surface area contributed by atoms with E-state index in [4.69, 9.17) is 9.47 Å². The average molecular weight is 279 g/mol. The molecule has 0 spiro atoms. The van der Waals surface area contributed by atoms with Crippen molar-refractivity contribution in [3.8, 4) is 0 Å². The van der Waals surface area contributed by atoms with Crippen molar-refractivity contribution in [2.75, 3.05) is 26.4 Å². The van der Waals surface area contributed by atoms with Crippen LogP contribution in [-0.4, -0.2) is 32.3 Å². The minimum atomic E-state index is 0.100. The standard InChI is InChI=1S/C16H25NO3/c1-2-19-12-13-20-11-7-6-10-16(18)17-14-15-8-4-3-5-9-15/h3-5,8-9H,2,6-7,10-14H2,1H3,(H,17,18). The summed E-state index contributed by atoms with van der Waals surface area (Å²) in [6.45, 7) is 5.27. The number of nitrogens with one attached hydrogen (secondary N) is 1. The normalized spacial score (nSPS) is 10.4. The predicted octanol–water partition coefficient (Wildman–Crippen LogP) is 2.53. The molecule has 0 fully saturated rings. The Morgan fingerprint density at radius 3 is 2.55 bits per heavy atom. The molecule has 0 aliphatic rings. The highest BCUT2D eigenvalue weighted by Crippen LogP contribution is 1.99. The molecule has 0 aliphatic heterocycles. The largest absolute Gasteiger partial charge is 0.379 e. The lowest BCUT2D eigenvalue weighted by molar-refractivity contribution is -0.121. The Kier molecular flexibility index (Phi) is 9.53. The van der Waals surface area contributed by atoms with Crippen molar-refractivity contribution in [1.82, 2.24) is 5.32 Å². The number of amides is 1. The second kappa shape index (κ2) is 11.4. The fourth-order valence-corrected chi connectivity index (χ4v) is 1.74. The zero-order valence-corrected chi connectivity index (χ0v) is 12.3. The fraction of sp³-hybridized carbons (Fsp3) is 0.562. The molecule has 0 unspecified atom stereocenters. The Hall–Kier alpha value is -1.39. The fourth-order valence-electron chi connectivity index (χ4n) is 1.74. The molecule has 1 rings (SSSR count). The smallest absolute Gasteiger partial charge is 0.220 e. The summed E-state index contributed by atoms with van der Waals surface area (Å²) in [6.07, 6.45) is 2.32. The number of hydrogen-bond acceptors (Lipinski definition) is 3. The van der Waals surface area contributed by atoms with E-state index in [1.54, 1.807) is 0 Å². The zero-order valence-electron chi connectivity index (χ0n) is 12.3. The SMILES string of the molecule is CCOCCOCCCCC(=O)NCc1ccccc1. The summed E-state index contributed by atoms with van der Waals surface area (Å²) in [6, 6.07) is 9.93. The van der Waals surface area contributed by atoms with E-state index in [9.17, 15) is 4.79 Å². The van der Waals surface area contributed by atoms with Gasteiger partial charge in [0, 0.05) is 26.2 Å². The van der Waals surface area contributed by atoms with Gasteiger partial charge in [-0.1, -0.05) is 30.3 Å². The van der Waals surface area contributed by atoms with Crippen molar-refractivity contribution < 1.29 is 14.3 Å². The van der Waals surface area contributed by atoms with Gasteiger partial charge in [-0.05, 0) is 25.3 Å². The van der Waals surface area contributed by atoms with E-state index >= 15 is 0 Å². The maximum Gasteiger partial charge on any atom is 0.220 e. The van der Waals surface area contributed by atoms with Gasteiger partial charge in [0.15, 0.2) is 0 Å². The Labute approximate surface area is 121 Å². The molecular weight excluding hydrogens is 254 g/mol. The van der Waals surface area contributed by atoms with Crippen LogP contribution in [0.2, 0.25) is 0 Å². The average Bonchev–Trinajstić information content (AvgIpc) is 2.49. The molecule has 0 bridgehead atoms. The van der Waals surface area contributed by atoms with Crippen LogP contribution in [0.4, 0.5) is 0 Å². The third-order valence-corrected chi connectivity index (χ3v) is 2.85. The van der Waals surface area contributed by atoms with Crippen LogP contribution >= 0.6 is 0 Å². The monoisotopic (exact) mass is 279 g/mol. The summed E-state index contributed by atoms with van der Waals surface area (Å²) < 4.78 is 10.6. The zero-order chi connectivity index (χ0) is 14.5. The molecule has 4 heteroatoms. The number of carbonyl (C=O) groups excluding carboxylic acids is 1. The Morgan fingerprint density at radius 1 is 1.05 bits per heavy atom. The van der Waals surface area contributed by atoms with Gasteiger partial charge in [-0.3, -0.25) is 4.79 Å². The summed E-state index contributed by atoms with van der Waals surface area (Å²) in [4.78, 5) is 11.6. The summed E-state index contributed by atoms with van der Waals surface area (Å²) in [5.74, 6) is 0.100. The molecule has 4 nitrogen and oxygen atoms in total. The maximum absolute atomic E-state index is 11.6. The van der Waals surface area contributed by atoms with Crippen LogP contribution < -0.4 is 5.32 Å². The van der Waals surface area contributed by atoms with Gasteiger partial charge in [0.25, 0.3) is 0 Å². The van der Waals surface area contributed by atoms with E-state index < -0.39 is 0 Å². The van der Waals surface area contributed by atoms with Crippen LogP contribution in [-0.2, 0) is 20.8 Å². The number of ether oxygens (including phenoxy) is 2. The van der Waals surface area contributed by atoms with Gasteiger partial charge in [0.2, 0.25) is 5.91 Å². The number of rotatable bonds is 11. The molecule has 0 heterocycles. The van der Waals surface area contributed by atoms with E-state index in [1.165, 1.54) is 0 Å². The van der Waals surface area contributed by atoms with Gasteiger partial charge in [0.05, 0.1) is 13.2 Å². The lowest BCUT2D eigenvalue weighted by atomic mass is 10.2. The molecule has 20 heavy (non-hydrogen) atoms. The molecule has 0 radical (unpaired) electrons. The quantitative estimate of drug-likeness (QED) is 0.633. The lowest BCUT2D eigenvalue weighted by Crippen LogP contribution is -2.22. The van der Waals surface area contributed by atoms with Gasteiger partial charge in [-0.2, -0.15) is 0 Å². The number of benzene rings is 1. The van der Waals surface area contributed by atoms with E-state index in [2.05, 4.69) is 5.32 Å².